The molecule has 5 heteroatoms. The first-order valence-electron chi connectivity index (χ1n) is 5.35. The zero-order valence-corrected chi connectivity index (χ0v) is 11.3. The molecule has 0 spiro atoms. The van der Waals surface area contributed by atoms with Gasteiger partial charge in [0.1, 0.15) is 0 Å². The minimum absolute atomic E-state index is 0.132. The summed E-state index contributed by atoms with van der Waals surface area (Å²) in [7, 11) is 0. The second kappa shape index (κ2) is 5.87. The van der Waals surface area contributed by atoms with Gasteiger partial charge in [0, 0.05) is 0 Å². The third kappa shape index (κ3) is 3.13. The average molecular weight is 325 g/mol. The Hall–Kier alpha value is -1.84. The van der Waals surface area contributed by atoms with E-state index in [-0.39, 0.29) is 11.1 Å². The van der Waals surface area contributed by atoms with E-state index in [2.05, 4.69) is 0 Å². The van der Waals surface area contributed by atoms with Gasteiger partial charge in [0.2, 0.25) is 0 Å². The fourth-order valence-electron chi connectivity index (χ4n) is 1.45. The van der Waals surface area contributed by atoms with Crippen LogP contribution in [-0.4, -0.2) is 24.3 Å². The number of benzene rings is 2. The molecule has 0 aliphatic carbocycles. The molecule has 2 rings (SSSR count). The van der Waals surface area contributed by atoms with Crippen LogP contribution in [0.25, 0.3) is 0 Å². The van der Waals surface area contributed by atoms with Crippen LogP contribution in [0.4, 0.5) is 8.78 Å². The molecule has 0 bridgehead atoms. The van der Waals surface area contributed by atoms with Gasteiger partial charge in [0.05, 0.1) is 0 Å². The number of hydrogen-bond donors (Lipinski definition) is 0. The average Bonchev–Trinajstić information content (AvgIpc) is 2.39. The Kier molecular flexibility index (Phi) is 4.20. The van der Waals surface area contributed by atoms with Gasteiger partial charge in [-0.05, 0) is 0 Å². The van der Waals surface area contributed by atoms with Crippen LogP contribution in [0, 0.1) is 11.6 Å². The molecular weight excluding hydrogens is 317 g/mol. The van der Waals surface area contributed by atoms with E-state index in [1.54, 1.807) is 0 Å². The van der Waals surface area contributed by atoms with E-state index in [9.17, 15) is 18.4 Å². The Balaban J connectivity index is 2.19. The summed E-state index contributed by atoms with van der Waals surface area (Å²) in [5.41, 5.74) is -0.264. The van der Waals surface area contributed by atoms with E-state index < -0.39 is 36.0 Å². The summed E-state index contributed by atoms with van der Waals surface area (Å²) in [4.78, 5) is 23.6. The molecule has 2 aromatic carbocycles. The van der Waals surface area contributed by atoms with Gasteiger partial charge >= 0.3 is 114 Å². The topological polar surface area (TPSA) is 34.1 Å². The molecule has 0 aromatic heterocycles. The summed E-state index contributed by atoms with van der Waals surface area (Å²) >= 11 is -1.18. The van der Waals surface area contributed by atoms with Crippen molar-refractivity contribution in [3.8, 4) is 0 Å². The van der Waals surface area contributed by atoms with Crippen LogP contribution in [0.15, 0.2) is 48.5 Å². The van der Waals surface area contributed by atoms with E-state index >= 15 is 0 Å². The van der Waals surface area contributed by atoms with Crippen molar-refractivity contribution in [2.45, 2.75) is 0 Å². The zero-order chi connectivity index (χ0) is 13.8. The van der Waals surface area contributed by atoms with E-state index in [0.717, 1.165) is 12.1 Å². The Bertz CT molecular complexity index is 585. The van der Waals surface area contributed by atoms with Gasteiger partial charge in [0.25, 0.3) is 0 Å². The van der Waals surface area contributed by atoms with Crippen molar-refractivity contribution in [3.63, 3.8) is 0 Å². The standard InChI is InChI=1S/C14H8F2O2Se/c15-11-7-3-1-5-9(11)13(17)19-14(18)10-6-2-4-8-12(10)16/h1-8H. The van der Waals surface area contributed by atoms with E-state index in [1.165, 1.54) is 36.4 Å². The summed E-state index contributed by atoms with van der Waals surface area (Å²) < 4.78 is 25.6. The van der Waals surface area contributed by atoms with Gasteiger partial charge in [-0.25, -0.2) is 0 Å². The van der Waals surface area contributed by atoms with Crippen LogP contribution < -0.4 is 0 Å². The van der Waals surface area contributed by atoms with E-state index in [4.69, 9.17) is 0 Å². The van der Waals surface area contributed by atoms with Crippen LogP contribution in [0.5, 0.6) is 0 Å². The molecular formula is C14H8F2O2Se. The van der Waals surface area contributed by atoms with Crippen molar-refractivity contribution >= 4 is 24.3 Å². The summed E-state index contributed by atoms with van der Waals surface area (Å²) in [6.07, 6.45) is 0. The second-order valence-electron chi connectivity index (χ2n) is 3.64. The molecule has 2 aromatic rings. The first-order chi connectivity index (χ1) is 9.09. The van der Waals surface area contributed by atoms with Crippen LogP contribution in [0.2, 0.25) is 0 Å². The number of halogens is 2. The molecule has 0 aliphatic heterocycles. The molecule has 0 aliphatic rings. The third-order valence-corrected chi connectivity index (χ3v) is 4.07. The van der Waals surface area contributed by atoms with Crippen molar-refractivity contribution in [2.75, 3.05) is 0 Å². The molecule has 0 unspecified atom stereocenters. The number of rotatable bonds is 4. The van der Waals surface area contributed by atoms with Crippen LogP contribution in [0.1, 0.15) is 20.7 Å². The predicted molar refractivity (Wildman–Crippen MR) is 67.2 cm³/mol. The fraction of sp³-hybridized carbons (Fsp3) is 0. The van der Waals surface area contributed by atoms with Crippen LogP contribution in [-0.2, 0) is 0 Å². The minimum atomic E-state index is -1.18. The maximum atomic E-state index is 13.4. The van der Waals surface area contributed by atoms with Crippen molar-refractivity contribution in [3.05, 3.63) is 71.3 Å². The van der Waals surface area contributed by atoms with Crippen molar-refractivity contribution in [1.82, 2.24) is 0 Å². The number of carbonyl (C=O) groups is 2. The van der Waals surface area contributed by atoms with Crippen molar-refractivity contribution in [2.24, 2.45) is 0 Å². The first-order valence-corrected chi connectivity index (χ1v) is 7.06. The van der Waals surface area contributed by atoms with Gasteiger partial charge in [-0.2, -0.15) is 0 Å². The van der Waals surface area contributed by atoms with Crippen molar-refractivity contribution in [1.29, 1.82) is 0 Å². The second-order valence-corrected chi connectivity index (χ2v) is 5.62. The molecule has 96 valence electrons. The molecule has 0 atom stereocenters. The normalized spacial score (nSPS) is 10.2. The predicted octanol–water partition coefficient (Wildman–Crippen LogP) is 2.65. The van der Waals surface area contributed by atoms with Gasteiger partial charge in [-0.1, -0.05) is 0 Å². The van der Waals surface area contributed by atoms with Crippen molar-refractivity contribution < 1.29 is 18.4 Å². The van der Waals surface area contributed by atoms with E-state index in [1.807, 2.05) is 0 Å². The van der Waals surface area contributed by atoms with Gasteiger partial charge in [0.15, 0.2) is 0 Å². The molecule has 19 heavy (non-hydrogen) atoms. The first kappa shape index (κ1) is 13.6. The molecule has 2 nitrogen and oxygen atoms in total. The van der Waals surface area contributed by atoms with Crippen LogP contribution in [0.3, 0.4) is 0 Å². The molecule has 0 N–H and O–H groups in total. The SMILES string of the molecule is O=C([Se]C(=O)c1ccccc1F)c1ccccc1F. The quantitative estimate of drug-likeness (QED) is 0.810. The van der Waals surface area contributed by atoms with Crippen LogP contribution >= 0.6 is 0 Å². The summed E-state index contributed by atoms with van der Waals surface area (Å²) in [5, 5.41) is 0. The number of carbonyl (C=O) groups excluding carboxylic acids is 2. The molecule has 0 saturated heterocycles. The summed E-state index contributed by atoms with van der Waals surface area (Å²) in [5.74, 6) is -1.34. The zero-order valence-electron chi connectivity index (χ0n) is 9.60. The Morgan fingerprint density at radius 1 is 0.737 bits per heavy atom. The molecule has 0 fully saturated rings. The van der Waals surface area contributed by atoms with Gasteiger partial charge in [-0.3, -0.25) is 0 Å². The molecule has 0 heterocycles. The maximum absolute atomic E-state index is 13.4. The summed E-state index contributed by atoms with van der Waals surface area (Å²) in [6.45, 7) is 0. The Labute approximate surface area is 114 Å². The van der Waals surface area contributed by atoms with Gasteiger partial charge < -0.3 is 0 Å². The third-order valence-electron chi connectivity index (χ3n) is 2.37. The van der Waals surface area contributed by atoms with Gasteiger partial charge in [-0.15, -0.1) is 0 Å². The Morgan fingerprint density at radius 3 is 1.47 bits per heavy atom. The molecule has 0 radical (unpaired) electrons. The number of hydrogen-bond acceptors (Lipinski definition) is 2. The fourth-order valence-corrected chi connectivity index (χ4v) is 2.96. The summed E-state index contributed by atoms with van der Waals surface area (Å²) in [6, 6.07) is 10.9. The Morgan fingerprint density at radius 2 is 1.11 bits per heavy atom. The molecule has 0 amide bonds. The van der Waals surface area contributed by atoms with E-state index in [0.29, 0.717) is 0 Å². The molecule has 0 saturated carbocycles. The monoisotopic (exact) mass is 326 g/mol.